The van der Waals surface area contributed by atoms with Crippen molar-refractivity contribution in [2.45, 2.75) is 12.5 Å². The normalized spacial score (nSPS) is 12.5. The second-order valence-electron chi connectivity index (χ2n) is 2.74. The molecule has 1 atom stereocenters. The van der Waals surface area contributed by atoms with Crippen LogP contribution in [0.5, 0.6) is 5.75 Å². The molecule has 70 valence electrons. The molecule has 2 nitrogen and oxygen atoms in total. The highest BCUT2D eigenvalue weighted by Gasteiger charge is 2.10. The summed E-state index contributed by atoms with van der Waals surface area (Å²) in [5, 5.41) is 19.0. The summed E-state index contributed by atoms with van der Waals surface area (Å²) < 4.78 is 0.836. The number of aliphatic hydroxyl groups excluding tert-OH is 1. The van der Waals surface area contributed by atoms with E-state index in [1.807, 2.05) is 0 Å². The first kappa shape index (κ1) is 10.3. The number of phenols is 1. The topological polar surface area (TPSA) is 40.5 Å². The third-order valence-corrected chi connectivity index (χ3v) is 2.23. The van der Waals surface area contributed by atoms with Crippen molar-refractivity contribution in [3.8, 4) is 5.75 Å². The van der Waals surface area contributed by atoms with Gasteiger partial charge in [0.15, 0.2) is 0 Å². The van der Waals surface area contributed by atoms with Gasteiger partial charge >= 0.3 is 0 Å². The standard InChI is InChI=1S/C10H11BrO2/c1-2-3-9(12)8-6-7(11)4-5-10(8)13/h2,4-6,9,12-13H,1,3H2. The zero-order valence-electron chi connectivity index (χ0n) is 7.07. The molecular formula is C10H11BrO2. The van der Waals surface area contributed by atoms with Crippen LogP contribution in [0.2, 0.25) is 0 Å². The van der Waals surface area contributed by atoms with E-state index in [9.17, 15) is 10.2 Å². The van der Waals surface area contributed by atoms with Crippen LogP contribution < -0.4 is 0 Å². The van der Waals surface area contributed by atoms with E-state index in [-0.39, 0.29) is 5.75 Å². The molecule has 1 rings (SSSR count). The molecule has 0 aliphatic heterocycles. The molecule has 3 heteroatoms. The quantitative estimate of drug-likeness (QED) is 0.801. The molecular weight excluding hydrogens is 232 g/mol. The maximum Gasteiger partial charge on any atom is 0.121 e. The largest absolute Gasteiger partial charge is 0.508 e. The van der Waals surface area contributed by atoms with E-state index in [0.717, 1.165) is 4.47 Å². The lowest BCUT2D eigenvalue weighted by molar-refractivity contribution is 0.177. The Balaban J connectivity index is 2.97. The third-order valence-electron chi connectivity index (χ3n) is 1.74. The Morgan fingerprint density at radius 3 is 2.85 bits per heavy atom. The van der Waals surface area contributed by atoms with Gasteiger partial charge in [-0.1, -0.05) is 22.0 Å². The summed E-state index contributed by atoms with van der Waals surface area (Å²) in [5.41, 5.74) is 0.522. The molecule has 1 unspecified atom stereocenters. The summed E-state index contributed by atoms with van der Waals surface area (Å²) in [5.74, 6) is 0.109. The highest BCUT2D eigenvalue weighted by molar-refractivity contribution is 9.10. The molecule has 0 spiro atoms. The summed E-state index contributed by atoms with van der Waals surface area (Å²) in [7, 11) is 0. The van der Waals surface area contributed by atoms with E-state index >= 15 is 0 Å². The van der Waals surface area contributed by atoms with Crippen LogP contribution in [-0.2, 0) is 0 Å². The van der Waals surface area contributed by atoms with Gasteiger partial charge in [0.1, 0.15) is 5.75 Å². The van der Waals surface area contributed by atoms with E-state index in [1.54, 1.807) is 24.3 Å². The second-order valence-corrected chi connectivity index (χ2v) is 3.66. The van der Waals surface area contributed by atoms with Crippen molar-refractivity contribution in [2.75, 3.05) is 0 Å². The smallest absolute Gasteiger partial charge is 0.121 e. The number of hydrogen-bond donors (Lipinski definition) is 2. The van der Waals surface area contributed by atoms with Crippen molar-refractivity contribution in [2.24, 2.45) is 0 Å². The average molecular weight is 243 g/mol. The van der Waals surface area contributed by atoms with E-state index in [0.29, 0.717) is 12.0 Å². The van der Waals surface area contributed by atoms with Crippen LogP contribution in [0.4, 0.5) is 0 Å². The molecule has 13 heavy (non-hydrogen) atoms. The number of aromatic hydroxyl groups is 1. The van der Waals surface area contributed by atoms with Crippen molar-refractivity contribution in [1.82, 2.24) is 0 Å². The minimum absolute atomic E-state index is 0.109. The molecule has 0 aliphatic rings. The van der Waals surface area contributed by atoms with Crippen LogP contribution in [0.25, 0.3) is 0 Å². The van der Waals surface area contributed by atoms with E-state index in [2.05, 4.69) is 22.5 Å². The summed E-state index contributed by atoms with van der Waals surface area (Å²) in [6, 6.07) is 4.97. The minimum atomic E-state index is -0.685. The van der Waals surface area contributed by atoms with Gasteiger partial charge in [0.05, 0.1) is 6.10 Å². The zero-order chi connectivity index (χ0) is 9.84. The van der Waals surface area contributed by atoms with Gasteiger partial charge < -0.3 is 10.2 Å². The molecule has 0 saturated carbocycles. The summed E-state index contributed by atoms with van der Waals surface area (Å²) in [6.45, 7) is 3.52. The Labute approximate surface area is 85.7 Å². The molecule has 2 N–H and O–H groups in total. The maximum absolute atomic E-state index is 9.57. The SMILES string of the molecule is C=CCC(O)c1cc(Br)ccc1O. The van der Waals surface area contributed by atoms with Gasteiger partial charge in [0, 0.05) is 10.0 Å². The first-order chi connectivity index (χ1) is 6.15. The molecule has 0 saturated heterocycles. The fourth-order valence-corrected chi connectivity index (χ4v) is 1.46. The van der Waals surface area contributed by atoms with Gasteiger partial charge in [0.2, 0.25) is 0 Å². The molecule has 0 aliphatic carbocycles. The van der Waals surface area contributed by atoms with Crippen molar-refractivity contribution >= 4 is 15.9 Å². The van der Waals surface area contributed by atoms with Gasteiger partial charge in [-0.15, -0.1) is 6.58 Å². The first-order valence-corrected chi connectivity index (χ1v) is 4.72. The van der Waals surface area contributed by atoms with Gasteiger partial charge in [-0.2, -0.15) is 0 Å². The lowest BCUT2D eigenvalue weighted by atomic mass is 10.1. The van der Waals surface area contributed by atoms with Crippen LogP contribution in [0.3, 0.4) is 0 Å². The van der Waals surface area contributed by atoms with Gasteiger partial charge in [-0.3, -0.25) is 0 Å². The van der Waals surface area contributed by atoms with Crippen molar-refractivity contribution in [3.05, 3.63) is 40.9 Å². The fourth-order valence-electron chi connectivity index (χ4n) is 1.08. The first-order valence-electron chi connectivity index (χ1n) is 3.92. The highest BCUT2D eigenvalue weighted by Crippen LogP contribution is 2.29. The molecule has 0 heterocycles. The third kappa shape index (κ3) is 2.57. The lowest BCUT2D eigenvalue weighted by Gasteiger charge is -2.10. The van der Waals surface area contributed by atoms with Gasteiger partial charge in [-0.05, 0) is 24.6 Å². The number of halogens is 1. The fraction of sp³-hybridized carbons (Fsp3) is 0.200. The van der Waals surface area contributed by atoms with Crippen LogP contribution >= 0.6 is 15.9 Å². The molecule has 0 aromatic heterocycles. The van der Waals surface area contributed by atoms with Crippen LogP contribution in [0, 0.1) is 0 Å². The number of benzene rings is 1. The number of aliphatic hydroxyl groups is 1. The molecule has 0 fully saturated rings. The van der Waals surface area contributed by atoms with Crippen LogP contribution in [-0.4, -0.2) is 10.2 Å². The summed E-state index contributed by atoms with van der Waals surface area (Å²) >= 11 is 3.27. The number of hydrogen-bond acceptors (Lipinski definition) is 2. The van der Waals surface area contributed by atoms with Gasteiger partial charge in [0.25, 0.3) is 0 Å². The van der Waals surface area contributed by atoms with E-state index in [1.165, 1.54) is 0 Å². The lowest BCUT2D eigenvalue weighted by Crippen LogP contribution is -1.95. The molecule has 1 aromatic carbocycles. The second kappa shape index (κ2) is 4.44. The van der Waals surface area contributed by atoms with Crippen LogP contribution in [0.1, 0.15) is 18.1 Å². The predicted octanol–water partition coefficient (Wildman–Crippen LogP) is 2.76. The van der Waals surface area contributed by atoms with E-state index < -0.39 is 6.10 Å². The Morgan fingerprint density at radius 1 is 1.54 bits per heavy atom. The Bertz CT molecular complexity index is 310. The molecule has 0 radical (unpaired) electrons. The number of phenolic OH excluding ortho intramolecular Hbond substituents is 1. The molecule has 0 bridgehead atoms. The summed E-state index contributed by atoms with van der Waals surface area (Å²) in [6.07, 6.45) is 1.37. The zero-order valence-corrected chi connectivity index (χ0v) is 8.66. The Morgan fingerprint density at radius 2 is 2.23 bits per heavy atom. The van der Waals surface area contributed by atoms with Crippen LogP contribution in [0.15, 0.2) is 35.3 Å². The molecule has 1 aromatic rings. The average Bonchev–Trinajstić information content (AvgIpc) is 2.09. The summed E-state index contributed by atoms with van der Waals surface area (Å²) in [4.78, 5) is 0. The van der Waals surface area contributed by atoms with Crippen molar-refractivity contribution in [1.29, 1.82) is 0 Å². The predicted molar refractivity (Wildman–Crippen MR) is 55.6 cm³/mol. The Hall–Kier alpha value is -0.800. The maximum atomic E-state index is 9.57. The monoisotopic (exact) mass is 242 g/mol. The highest BCUT2D eigenvalue weighted by atomic mass is 79.9. The minimum Gasteiger partial charge on any atom is -0.508 e. The van der Waals surface area contributed by atoms with Gasteiger partial charge in [-0.25, -0.2) is 0 Å². The molecule has 0 amide bonds. The number of rotatable bonds is 3. The van der Waals surface area contributed by atoms with Crippen molar-refractivity contribution < 1.29 is 10.2 Å². The van der Waals surface area contributed by atoms with Crippen molar-refractivity contribution in [3.63, 3.8) is 0 Å². The van der Waals surface area contributed by atoms with E-state index in [4.69, 9.17) is 0 Å². The Kier molecular flexibility index (Phi) is 3.51.